The van der Waals surface area contributed by atoms with Crippen molar-refractivity contribution >= 4 is 29.2 Å². The van der Waals surface area contributed by atoms with Gasteiger partial charge in [-0.05, 0) is 12.1 Å². The summed E-state index contributed by atoms with van der Waals surface area (Å²) in [6.07, 6.45) is 0. The van der Waals surface area contributed by atoms with Crippen molar-refractivity contribution in [3.63, 3.8) is 0 Å². The van der Waals surface area contributed by atoms with E-state index >= 15 is 0 Å². The van der Waals surface area contributed by atoms with E-state index in [4.69, 9.17) is 23.2 Å². The molecule has 1 rings (SSSR count). The van der Waals surface area contributed by atoms with Crippen LogP contribution in [-0.4, -0.2) is 18.2 Å². The van der Waals surface area contributed by atoms with Crippen molar-refractivity contribution in [1.82, 2.24) is 0 Å². The monoisotopic (exact) mass is 220 g/mol. The van der Waals surface area contributed by atoms with E-state index < -0.39 is 5.97 Å². The van der Waals surface area contributed by atoms with E-state index in [2.05, 4.69) is 4.74 Å². The standard InChI is InChI=1S/C8H6Cl2O3/c1-13-8(12)6-4(9)2-3-5(10)7(6)11/h2-3,11H,1H3. The van der Waals surface area contributed by atoms with Gasteiger partial charge in [-0.3, -0.25) is 0 Å². The van der Waals surface area contributed by atoms with Crippen LogP contribution in [0, 0.1) is 0 Å². The van der Waals surface area contributed by atoms with E-state index in [9.17, 15) is 9.90 Å². The Labute approximate surface area is 84.8 Å². The highest BCUT2D eigenvalue weighted by molar-refractivity contribution is 6.36. The second kappa shape index (κ2) is 3.85. The Balaban J connectivity index is 3.33. The zero-order valence-electron chi connectivity index (χ0n) is 6.67. The Morgan fingerprint density at radius 3 is 2.46 bits per heavy atom. The second-order valence-corrected chi connectivity index (χ2v) is 3.06. The predicted octanol–water partition coefficient (Wildman–Crippen LogP) is 2.49. The lowest BCUT2D eigenvalue weighted by atomic mass is 10.2. The average Bonchev–Trinajstić information content (AvgIpc) is 2.12. The molecule has 0 fully saturated rings. The van der Waals surface area contributed by atoms with Crippen molar-refractivity contribution < 1.29 is 14.6 Å². The van der Waals surface area contributed by atoms with Crippen molar-refractivity contribution in [2.75, 3.05) is 7.11 Å². The zero-order valence-corrected chi connectivity index (χ0v) is 8.19. The van der Waals surface area contributed by atoms with Gasteiger partial charge in [0.25, 0.3) is 0 Å². The van der Waals surface area contributed by atoms with E-state index in [-0.39, 0.29) is 21.4 Å². The molecule has 0 saturated heterocycles. The lowest BCUT2D eigenvalue weighted by Gasteiger charge is -2.05. The van der Waals surface area contributed by atoms with Crippen molar-refractivity contribution in [2.24, 2.45) is 0 Å². The zero-order chi connectivity index (χ0) is 10.0. The Hall–Kier alpha value is -0.930. The molecule has 0 amide bonds. The van der Waals surface area contributed by atoms with Gasteiger partial charge in [-0.1, -0.05) is 23.2 Å². The van der Waals surface area contributed by atoms with Crippen molar-refractivity contribution in [1.29, 1.82) is 0 Å². The number of halogens is 2. The fourth-order valence-electron chi connectivity index (χ4n) is 0.837. The molecule has 0 heterocycles. The van der Waals surface area contributed by atoms with Gasteiger partial charge >= 0.3 is 5.97 Å². The Morgan fingerprint density at radius 1 is 1.38 bits per heavy atom. The van der Waals surface area contributed by atoms with Crippen LogP contribution in [0.3, 0.4) is 0 Å². The number of phenolic OH excluding ortho intramolecular Hbond substituents is 1. The summed E-state index contributed by atoms with van der Waals surface area (Å²) in [5.41, 5.74) is -0.114. The maximum Gasteiger partial charge on any atom is 0.343 e. The van der Waals surface area contributed by atoms with Crippen molar-refractivity contribution in [3.8, 4) is 5.75 Å². The third kappa shape index (κ3) is 1.87. The number of hydrogen-bond acceptors (Lipinski definition) is 3. The maximum absolute atomic E-state index is 11.1. The summed E-state index contributed by atoms with van der Waals surface area (Å²) in [6, 6.07) is 2.81. The summed E-state index contributed by atoms with van der Waals surface area (Å²) < 4.78 is 4.41. The molecule has 0 bridgehead atoms. The van der Waals surface area contributed by atoms with E-state index in [0.29, 0.717) is 0 Å². The van der Waals surface area contributed by atoms with Gasteiger partial charge in [-0.15, -0.1) is 0 Å². The summed E-state index contributed by atoms with van der Waals surface area (Å²) in [5.74, 6) is -1.08. The highest BCUT2D eigenvalue weighted by atomic mass is 35.5. The van der Waals surface area contributed by atoms with E-state index in [1.54, 1.807) is 0 Å². The Morgan fingerprint density at radius 2 is 1.92 bits per heavy atom. The molecule has 5 heteroatoms. The Bertz CT molecular complexity index is 349. The highest BCUT2D eigenvalue weighted by Gasteiger charge is 2.18. The van der Waals surface area contributed by atoms with Crippen LogP contribution in [0.4, 0.5) is 0 Å². The van der Waals surface area contributed by atoms with Gasteiger partial charge in [0.1, 0.15) is 11.3 Å². The normalized spacial score (nSPS) is 9.77. The lowest BCUT2D eigenvalue weighted by Crippen LogP contribution is -2.02. The first-order chi connectivity index (χ1) is 6.07. The van der Waals surface area contributed by atoms with Gasteiger partial charge in [-0.25, -0.2) is 4.79 Å². The number of carbonyl (C=O) groups excluding carboxylic acids is 1. The smallest absolute Gasteiger partial charge is 0.343 e. The molecule has 70 valence electrons. The third-order valence-electron chi connectivity index (χ3n) is 1.47. The fraction of sp³-hybridized carbons (Fsp3) is 0.125. The molecule has 0 saturated carbocycles. The van der Waals surface area contributed by atoms with Crippen LogP contribution in [0.15, 0.2) is 12.1 Å². The van der Waals surface area contributed by atoms with Gasteiger partial charge in [-0.2, -0.15) is 0 Å². The number of rotatable bonds is 1. The molecule has 3 nitrogen and oxygen atoms in total. The second-order valence-electron chi connectivity index (χ2n) is 2.24. The molecule has 1 aromatic carbocycles. The molecule has 0 spiro atoms. The van der Waals surface area contributed by atoms with Crippen molar-refractivity contribution in [3.05, 3.63) is 27.7 Å². The van der Waals surface area contributed by atoms with Crippen LogP contribution >= 0.6 is 23.2 Å². The van der Waals surface area contributed by atoms with Gasteiger partial charge in [0.15, 0.2) is 0 Å². The van der Waals surface area contributed by atoms with Gasteiger partial charge in [0, 0.05) is 0 Å². The summed E-state index contributed by atoms with van der Waals surface area (Å²) in [5, 5.41) is 9.53. The average molecular weight is 221 g/mol. The number of hydrogen-bond donors (Lipinski definition) is 1. The molecular formula is C8H6Cl2O3. The first-order valence-corrected chi connectivity index (χ1v) is 4.08. The summed E-state index contributed by atoms with van der Waals surface area (Å²) in [7, 11) is 1.19. The molecule has 1 N–H and O–H groups in total. The first-order valence-electron chi connectivity index (χ1n) is 3.33. The van der Waals surface area contributed by atoms with Gasteiger partial charge < -0.3 is 9.84 Å². The largest absolute Gasteiger partial charge is 0.505 e. The molecule has 1 aromatic rings. The molecule has 0 atom stereocenters. The molecule has 0 aliphatic heterocycles. The van der Waals surface area contributed by atoms with Crippen LogP contribution < -0.4 is 0 Å². The van der Waals surface area contributed by atoms with Crippen LogP contribution in [0.5, 0.6) is 5.75 Å². The van der Waals surface area contributed by atoms with Crippen LogP contribution in [0.1, 0.15) is 10.4 Å². The molecule has 0 radical (unpaired) electrons. The number of phenols is 1. The maximum atomic E-state index is 11.1. The number of esters is 1. The van der Waals surface area contributed by atoms with E-state index in [1.165, 1.54) is 19.2 Å². The third-order valence-corrected chi connectivity index (χ3v) is 2.09. The molecular weight excluding hydrogens is 215 g/mol. The molecule has 0 aliphatic carbocycles. The van der Waals surface area contributed by atoms with Crippen molar-refractivity contribution in [2.45, 2.75) is 0 Å². The SMILES string of the molecule is COC(=O)c1c(Cl)ccc(Cl)c1O. The number of carbonyl (C=O) groups is 1. The number of ether oxygens (including phenoxy) is 1. The molecule has 0 aromatic heterocycles. The van der Waals surface area contributed by atoms with E-state index in [1.807, 2.05) is 0 Å². The number of benzene rings is 1. The predicted molar refractivity (Wildman–Crippen MR) is 49.5 cm³/mol. The molecule has 13 heavy (non-hydrogen) atoms. The van der Waals surface area contributed by atoms with Crippen LogP contribution in [0.2, 0.25) is 10.0 Å². The summed E-state index contributed by atoms with van der Waals surface area (Å²) >= 11 is 11.2. The van der Waals surface area contributed by atoms with Crippen LogP contribution in [-0.2, 0) is 4.74 Å². The topological polar surface area (TPSA) is 46.5 Å². The quantitative estimate of drug-likeness (QED) is 0.741. The summed E-state index contributed by atoms with van der Waals surface area (Å²) in [6.45, 7) is 0. The molecule has 0 unspecified atom stereocenters. The molecule has 0 aliphatic rings. The number of aromatic hydroxyl groups is 1. The van der Waals surface area contributed by atoms with Crippen LogP contribution in [0.25, 0.3) is 0 Å². The Kier molecular flexibility index (Phi) is 3.01. The number of methoxy groups -OCH3 is 1. The van der Waals surface area contributed by atoms with Gasteiger partial charge in [0.2, 0.25) is 0 Å². The first kappa shape index (κ1) is 10.2. The highest BCUT2D eigenvalue weighted by Crippen LogP contribution is 2.32. The fourth-order valence-corrected chi connectivity index (χ4v) is 1.22. The summed E-state index contributed by atoms with van der Waals surface area (Å²) in [4.78, 5) is 11.1. The van der Waals surface area contributed by atoms with E-state index in [0.717, 1.165) is 0 Å². The minimum absolute atomic E-state index is 0.0600. The lowest BCUT2D eigenvalue weighted by molar-refractivity contribution is 0.0597. The van der Waals surface area contributed by atoms with Gasteiger partial charge in [0.05, 0.1) is 17.2 Å². The minimum atomic E-state index is -0.718. The minimum Gasteiger partial charge on any atom is -0.505 e.